The fourth-order valence-electron chi connectivity index (χ4n) is 2.60. The Hall–Kier alpha value is -3.08. The van der Waals surface area contributed by atoms with Gasteiger partial charge in [0.15, 0.2) is 5.43 Å². The number of hydrogen-bond acceptors (Lipinski definition) is 4. The van der Waals surface area contributed by atoms with E-state index in [0.29, 0.717) is 40.3 Å². The lowest BCUT2D eigenvalue weighted by atomic mass is 10.1. The van der Waals surface area contributed by atoms with E-state index in [1.54, 1.807) is 18.2 Å². The van der Waals surface area contributed by atoms with Crippen molar-refractivity contribution in [3.8, 4) is 17.1 Å². The van der Waals surface area contributed by atoms with Gasteiger partial charge in [-0.1, -0.05) is 26.0 Å². The number of benzene rings is 2. The first-order valence-corrected chi connectivity index (χ1v) is 8.60. The first kappa shape index (κ1) is 17.7. The van der Waals surface area contributed by atoms with E-state index in [2.05, 4.69) is 5.32 Å². The zero-order chi connectivity index (χ0) is 18.7. The Morgan fingerprint density at radius 1 is 1.15 bits per heavy atom. The Bertz CT molecular complexity index is 1000. The SMILES string of the molecule is CCOc1ccccc1-c1cc(=O)c2ccc(NC(=O)C(C)C)cc2o1. The van der Waals surface area contributed by atoms with Crippen LogP contribution in [0.3, 0.4) is 0 Å². The maximum atomic E-state index is 12.5. The molecule has 1 amide bonds. The van der Waals surface area contributed by atoms with Gasteiger partial charge in [0.2, 0.25) is 5.91 Å². The fourth-order valence-corrected chi connectivity index (χ4v) is 2.60. The molecule has 2 aromatic carbocycles. The molecule has 26 heavy (non-hydrogen) atoms. The number of ether oxygens (including phenoxy) is 1. The van der Waals surface area contributed by atoms with Crippen molar-refractivity contribution < 1.29 is 13.9 Å². The zero-order valence-corrected chi connectivity index (χ0v) is 15.0. The van der Waals surface area contributed by atoms with Gasteiger partial charge in [0, 0.05) is 23.7 Å². The standard InChI is InChI=1S/C21H21NO4/c1-4-25-18-8-6-5-7-16(18)20-12-17(23)15-10-9-14(11-19(15)26-20)22-21(24)13(2)3/h5-13H,4H2,1-3H3,(H,22,24). The monoisotopic (exact) mass is 351 g/mol. The van der Waals surface area contributed by atoms with Crippen molar-refractivity contribution >= 4 is 22.6 Å². The molecule has 0 aliphatic rings. The molecule has 5 heteroatoms. The summed E-state index contributed by atoms with van der Waals surface area (Å²) in [7, 11) is 0. The van der Waals surface area contributed by atoms with Crippen molar-refractivity contribution in [2.75, 3.05) is 11.9 Å². The molecule has 1 aromatic heterocycles. The van der Waals surface area contributed by atoms with Crippen molar-refractivity contribution in [2.24, 2.45) is 5.92 Å². The smallest absolute Gasteiger partial charge is 0.226 e. The lowest BCUT2D eigenvalue weighted by molar-refractivity contribution is -0.118. The lowest BCUT2D eigenvalue weighted by Gasteiger charge is -2.11. The average Bonchev–Trinajstić information content (AvgIpc) is 2.62. The lowest BCUT2D eigenvalue weighted by Crippen LogP contribution is -2.17. The van der Waals surface area contributed by atoms with Crippen molar-refractivity contribution in [3.05, 3.63) is 58.8 Å². The van der Waals surface area contributed by atoms with E-state index >= 15 is 0 Å². The molecule has 3 rings (SSSR count). The number of hydrogen-bond donors (Lipinski definition) is 1. The molecule has 0 aliphatic heterocycles. The second-order valence-corrected chi connectivity index (χ2v) is 6.26. The maximum absolute atomic E-state index is 12.5. The molecule has 0 fully saturated rings. The molecule has 134 valence electrons. The van der Waals surface area contributed by atoms with Crippen LogP contribution in [-0.4, -0.2) is 12.5 Å². The van der Waals surface area contributed by atoms with Crippen LogP contribution in [0.2, 0.25) is 0 Å². The molecule has 3 aromatic rings. The summed E-state index contributed by atoms with van der Waals surface area (Å²) in [6.07, 6.45) is 0. The zero-order valence-electron chi connectivity index (χ0n) is 15.0. The van der Waals surface area contributed by atoms with E-state index in [1.807, 2.05) is 45.0 Å². The van der Waals surface area contributed by atoms with E-state index in [0.717, 1.165) is 0 Å². The normalized spacial score (nSPS) is 10.9. The first-order valence-electron chi connectivity index (χ1n) is 8.60. The summed E-state index contributed by atoms with van der Waals surface area (Å²) in [5, 5.41) is 3.28. The highest BCUT2D eigenvalue weighted by Gasteiger charge is 2.13. The predicted octanol–water partition coefficient (Wildman–Crippen LogP) is 4.45. The van der Waals surface area contributed by atoms with Gasteiger partial charge >= 0.3 is 0 Å². The molecular formula is C21H21NO4. The Balaban J connectivity index is 2.09. The molecule has 5 nitrogen and oxygen atoms in total. The third kappa shape index (κ3) is 3.61. The van der Waals surface area contributed by atoms with E-state index in [1.165, 1.54) is 6.07 Å². The van der Waals surface area contributed by atoms with Gasteiger partial charge in [-0.05, 0) is 31.2 Å². The summed E-state index contributed by atoms with van der Waals surface area (Å²) in [5.74, 6) is 0.854. The Labute approximate surface area is 151 Å². The van der Waals surface area contributed by atoms with E-state index in [9.17, 15) is 9.59 Å². The number of fused-ring (bicyclic) bond motifs is 1. The summed E-state index contributed by atoms with van der Waals surface area (Å²) in [5.41, 5.74) is 1.58. The van der Waals surface area contributed by atoms with Crippen LogP contribution in [0.15, 0.2) is 57.7 Å². The molecule has 0 atom stereocenters. The number of nitrogens with one attached hydrogen (secondary N) is 1. The molecule has 0 saturated heterocycles. The summed E-state index contributed by atoms with van der Waals surface area (Å²) in [6, 6.07) is 13.9. The highest BCUT2D eigenvalue weighted by atomic mass is 16.5. The van der Waals surface area contributed by atoms with E-state index in [4.69, 9.17) is 9.15 Å². The van der Waals surface area contributed by atoms with Crippen LogP contribution in [0.5, 0.6) is 5.75 Å². The third-order valence-electron chi connectivity index (χ3n) is 3.97. The topological polar surface area (TPSA) is 68.5 Å². The van der Waals surface area contributed by atoms with Crippen LogP contribution in [0.25, 0.3) is 22.3 Å². The van der Waals surface area contributed by atoms with Gasteiger partial charge in [-0.15, -0.1) is 0 Å². The predicted molar refractivity (Wildman–Crippen MR) is 103 cm³/mol. The molecular weight excluding hydrogens is 330 g/mol. The summed E-state index contributed by atoms with van der Waals surface area (Å²) in [4.78, 5) is 24.4. The van der Waals surface area contributed by atoms with Crippen molar-refractivity contribution in [1.82, 2.24) is 0 Å². The van der Waals surface area contributed by atoms with Crippen LogP contribution in [0, 0.1) is 5.92 Å². The summed E-state index contributed by atoms with van der Waals surface area (Å²) >= 11 is 0. The van der Waals surface area contributed by atoms with Crippen LogP contribution < -0.4 is 15.5 Å². The van der Waals surface area contributed by atoms with E-state index < -0.39 is 0 Å². The van der Waals surface area contributed by atoms with Crippen LogP contribution >= 0.6 is 0 Å². The van der Waals surface area contributed by atoms with Gasteiger partial charge in [0.1, 0.15) is 17.1 Å². The minimum Gasteiger partial charge on any atom is -0.493 e. The molecule has 0 saturated carbocycles. The highest BCUT2D eigenvalue weighted by molar-refractivity contribution is 5.94. The van der Waals surface area contributed by atoms with Gasteiger partial charge in [0.05, 0.1) is 17.6 Å². The number of para-hydroxylation sites is 1. The van der Waals surface area contributed by atoms with Crippen LogP contribution in [0.1, 0.15) is 20.8 Å². The first-order chi connectivity index (χ1) is 12.5. The van der Waals surface area contributed by atoms with E-state index in [-0.39, 0.29) is 17.3 Å². The fraction of sp³-hybridized carbons (Fsp3) is 0.238. The summed E-state index contributed by atoms with van der Waals surface area (Å²) < 4.78 is 11.6. The number of rotatable bonds is 5. The minimum absolute atomic E-state index is 0.0930. The third-order valence-corrected chi connectivity index (χ3v) is 3.97. The number of carbonyl (C=O) groups excluding carboxylic acids is 1. The second kappa shape index (κ2) is 7.44. The van der Waals surface area contributed by atoms with Gasteiger partial charge in [-0.25, -0.2) is 0 Å². The average molecular weight is 351 g/mol. The molecule has 0 spiro atoms. The summed E-state index contributed by atoms with van der Waals surface area (Å²) in [6.45, 7) is 6.05. The van der Waals surface area contributed by atoms with Crippen molar-refractivity contribution in [2.45, 2.75) is 20.8 Å². The van der Waals surface area contributed by atoms with Crippen molar-refractivity contribution in [1.29, 1.82) is 0 Å². The largest absolute Gasteiger partial charge is 0.493 e. The van der Waals surface area contributed by atoms with Gasteiger partial charge in [-0.2, -0.15) is 0 Å². The van der Waals surface area contributed by atoms with Crippen molar-refractivity contribution in [3.63, 3.8) is 0 Å². The Morgan fingerprint density at radius 3 is 2.65 bits per heavy atom. The minimum atomic E-state index is -0.144. The molecule has 1 N–H and O–H groups in total. The molecule has 0 unspecified atom stereocenters. The van der Waals surface area contributed by atoms with Crippen LogP contribution in [-0.2, 0) is 4.79 Å². The second-order valence-electron chi connectivity index (χ2n) is 6.26. The van der Waals surface area contributed by atoms with Gasteiger partial charge < -0.3 is 14.5 Å². The van der Waals surface area contributed by atoms with Crippen LogP contribution in [0.4, 0.5) is 5.69 Å². The van der Waals surface area contributed by atoms with Gasteiger partial charge in [0.25, 0.3) is 0 Å². The van der Waals surface area contributed by atoms with Gasteiger partial charge in [-0.3, -0.25) is 9.59 Å². The Kier molecular flexibility index (Phi) is 5.07. The molecule has 0 aliphatic carbocycles. The Morgan fingerprint density at radius 2 is 1.92 bits per heavy atom. The molecule has 0 bridgehead atoms. The number of anilines is 1. The number of carbonyl (C=O) groups is 1. The quantitative estimate of drug-likeness (QED) is 0.737. The highest BCUT2D eigenvalue weighted by Crippen LogP contribution is 2.31. The molecule has 1 heterocycles. The number of amides is 1. The molecule has 0 radical (unpaired) electrons. The maximum Gasteiger partial charge on any atom is 0.226 e.